The van der Waals surface area contributed by atoms with Gasteiger partial charge in [-0.2, -0.15) is 0 Å². The molecule has 0 spiro atoms. The van der Waals surface area contributed by atoms with Crippen LogP contribution in [0.2, 0.25) is 0 Å². The summed E-state index contributed by atoms with van der Waals surface area (Å²) in [6, 6.07) is 25.2. The molecule has 0 saturated carbocycles. The molecule has 0 atom stereocenters. The van der Waals surface area contributed by atoms with Gasteiger partial charge in [0.1, 0.15) is 5.82 Å². The SMILES string of the molecule is O=C1CCCC2=C1C(c1cn(Cc3ccccc3F)c3ccccc13)C1=C(CCCC1=O)N2Cc1ccccc1. The second-order valence-electron chi connectivity index (χ2n) is 11.1. The van der Waals surface area contributed by atoms with E-state index < -0.39 is 5.92 Å². The van der Waals surface area contributed by atoms with Crippen LogP contribution in [0.1, 0.15) is 61.1 Å². The number of ketones is 2. The molecule has 0 fully saturated rings. The number of hydrogen-bond acceptors (Lipinski definition) is 3. The predicted octanol–water partition coefficient (Wildman–Crippen LogP) is 7.44. The van der Waals surface area contributed by atoms with Crippen LogP contribution < -0.4 is 0 Å². The Morgan fingerprint density at radius 3 is 2.02 bits per heavy atom. The molecule has 0 N–H and O–H groups in total. The van der Waals surface area contributed by atoms with E-state index in [4.69, 9.17) is 0 Å². The maximum Gasteiger partial charge on any atom is 0.161 e. The highest BCUT2D eigenvalue weighted by Gasteiger charge is 2.44. The van der Waals surface area contributed by atoms with Crippen molar-refractivity contribution in [1.82, 2.24) is 9.47 Å². The van der Waals surface area contributed by atoms with Crippen LogP contribution in [0.4, 0.5) is 4.39 Å². The largest absolute Gasteiger partial charge is 0.343 e. The van der Waals surface area contributed by atoms with E-state index in [1.165, 1.54) is 6.07 Å². The number of fused-ring (bicyclic) bond motifs is 1. The van der Waals surface area contributed by atoms with Gasteiger partial charge in [-0.3, -0.25) is 9.59 Å². The Bertz CT molecular complexity index is 1670. The third-order valence-electron chi connectivity index (χ3n) is 8.70. The Morgan fingerprint density at radius 1 is 0.700 bits per heavy atom. The molecule has 40 heavy (non-hydrogen) atoms. The van der Waals surface area contributed by atoms with Crippen molar-refractivity contribution < 1.29 is 14.0 Å². The van der Waals surface area contributed by atoms with Gasteiger partial charge in [-0.1, -0.05) is 66.7 Å². The van der Waals surface area contributed by atoms with Crippen LogP contribution in [0.15, 0.2) is 108 Å². The summed E-state index contributed by atoms with van der Waals surface area (Å²) >= 11 is 0. The van der Waals surface area contributed by atoms with Crippen molar-refractivity contribution in [1.29, 1.82) is 0 Å². The lowest BCUT2D eigenvalue weighted by atomic mass is 9.71. The standard InChI is InChI=1S/C35H31FN2O2/c36-27-14-6-4-12-24(27)21-37-22-26(25-13-5-7-15-28(25)37)33-34-29(16-8-18-31(34)39)38(20-23-10-2-1-3-11-23)30-17-9-19-32(40)35(30)33/h1-7,10-15,22,33H,8-9,16-21H2. The molecule has 3 aromatic carbocycles. The molecule has 1 aromatic heterocycles. The van der Waals surface area contributed by atoms with Gasteiger partial charge in [0.15, 0.2) is 11.6 Å². The molecule has 4 nitrogen and oxygen atoms in total. The molecule has 1 aliphatic heterocycles. The molecular weight excluding hydrogens is 499 g/mol. The second-order valence-corrected chi connectivity index (χ2v) is 11.1. The molecule has 0 saturated heterocycles. The fraction of sp³-hybridized carbons (Fsp3) is 0.257. The summed E-state index contributed by atoms with van der Waals surface area (Å²) in [4.78, 5) is 29.9. The van der Waals surface area contributed by atoms with Crippen LogP contribution in [0.5, 0.6) is 0 Å². The Balaban J connectivity index is 1.43. The summed E-state index contributed by atoms with van der Waals surface area (Å²) in [7, 11) is 0. The first kappa shape index (κ1) is 24.8. The minimum Gasteiger partial charge on any atom is -0.343 e. The zero-order valence-corrected chi connectivity index (χ0v) is 22.4. The van der Waals surface area contributed by atoms with E-state index in [9.17, 15) is 14.0 Å². The number of carbonyl (C=O) groups excluding carboxylic acids is 2. The molecule has 5 heteroatoms. The van der Waals surface area contributed by atoms with Crippen LogP contribution in [0.3, 0.4) is 0 Å². The summed E-state index contributed by atoms with van der Waals surface area (Å²) in [5.74, 6) is -0.360. The van der Waals surface area contributed by atoms with Crippen molar-refractivity contribution in [3.8, 4) is 0 Å². The summed E-state index contributed by atoms with van der Waals surface area (Å²) in [5, 5.41) is 1.01. The number of halogens is 1. The van der Waals surface area contributed by atoms with Crippen molar-refractivity contribution in [2.75, 3.05) is 0 Å². The molecule has 0 bridgehead atoms. The number of Topliss-reactive ketones (excluding diaryl/α,β-unsaturated/α-hetero) is 2. The smallest absolute Gasteiger partial charge is 0.161 e. The monoisotopic (exact) mass is 530 g/mol. The summed E-state index contributed by atoms with van der Waals surface area (Å²) in [5.41, 5.74) is 7.43. The van der Waals surface area contributed by atoms with E-state index in [2.05, 4.69) is 33.9 Å². The third-order valence-corrected chi connectivity index (χ3v) is 8.70. The number of rotatable bonds is 5. The summed E-state index contributed by atoms with van der Waals surface area (Å²) < 4.78 is 16.8. The van der Waals surface area contributed by atoms with E-state index in [-0.39, 0.29) is 17.4 Å². The zero-order valence-electron chi connectivity index (χ0n) is 22.4. The van der Waals surface area contributed by atoms with Gasteiger partial charge in [-0.05, 0) is 48.9 Å². The Kier molecular flexibility index (Phi) is 6.22. The average Bonchev–Trinajstić information content (AvgIpc) is 3.33. The molecule has 0 unspecified atom stereocenters. The molecule has 200 valence electrons. The molecule has 2 aliphatic carbocycles. The van der Waals surface area contributed by atoms with Gasteiger partial charge in [0.05, 0.1) is 6.54 Å². The third kappa shape index (κ3) is 4.12. The summed E-state index contributed by atoms with van der Waals surface area (Å²) in [6.07, 6.45) is 6.35. The van der Waals surface area contributed by atoms with E-state index >= 15 is 0 Å². The molecular formula is C35H31FN2O2. The Hall–Kier alpha value is -4.25. The number of hydrogen-bond donors (Lipinski definition) is 0. The van der Waals surface area contributed by atoms with Gasteiger partial charge in [-0.15, -0.1) is 0 Å². The summed E-state index contributed by atoms with van der Waals surface area (Å²) in [6.45, 7) is 1.03. The molecule has 0 amide bonds. The van der Waals surface area contributed by atoms with Crippen molar-refractivity contribution >= 4 is 22.5 Å². The number of aromatic nitrogens is 1. The number of allylic oxidation sites excluding steroid dienone is 4. The van der Waals surface area contributed by atoms with Gasteiger partial charge in [0, 0.05) is 70.5 Å². The molecule has 2 heterocycles. The first-order valence-corrected chi connectivity index (χ1v) is 14.3. The second kappa shape index (κ2) is 10.1. The molecule has 0 radical (unpaired) electrons. The fourth-order valence-electron chi connectivity index (χ4n) is 6.93. The maximum absolute atomic E-state index is 14.7. The lowest BCUT2D eigenvalue weighted by molar-refractivity contribution is -0.117. The Morgan fingerprint density at radius 2 is 1.32 bits per heavy atom. The van der Waals surface area contributed by atoms with Gasteiger partial charge < -0.3 is 9.47 Å². The first-order chi connectivity index (χ1) is 19.6. The number of carbonyl (C=O) groups is 2. The predicted molar refractivity (Wildman–Crippen MR) is 154 cm³/mol. The fourth-order valence-corrected chi connectivity index (χ4v) is 6.93. The molecule has 4 aromatic rings. The van der Waals surface area contributed by atoms with Crippen LogP contribution in [-0.4, -0.2) is 21.0 Å². The van der Waals surface area contributed by atoms with Crippen LogP contribution in [-0.2, 0) is 22.7 Å². The number of benzene rings is 3. The van der Waals surface area contributed by atoms with Crippen molar-refractivity contribution in [2.24, 2.45) is 0 Å². The molecule has 7 rings (SSSR count). The van der Waals surface area contributed by atoms with Gasteiger partial charge in [0.25, 0.3) is 0 Å². The van der Waals surface area contributed by atoms with Gasteiger partial charge >= 0.3 is 0 Å². The topological polar surface area (TPSA) is 42.3 Å². The average molecular weight is 531 g/mol. The van der Waals surface area contributed by atoms with Crippen molar-refractivity contribution in [3.05, 3.63) is 130 Å². The van der Waals surface area contributed by atoms with Gasteiger partial charge in [0.2, 0.25) is 0 Å². The van der Waals surface area contributed by atoms with Gasteiger partial charge in [-0.25, -0.2) is 4.39 Å². The van der Waals surface area contributed by atoms with Crippen LogP contribution in [0, 0.1) is 5.82 Å². The highest BCUT2D eigenvalue weighted by atomic mass is 19.1. The normalized spacial score (nSPS) is 18.0. The van der Waals surface area contributed by atoms with E-state index in [1.807, 2.05) is 48.5 Å². The maximum atomic E-state index is 14.7. The minimum atomic E-state index is -0.399. The number of nitrogens with zero attached hydrogens (tertiary/aromatic N) is 2. The minimum absolute atomic E-state index is 0.139. The molecule has 3 aliphatic rings. The van der Waals surface area contributed by atoms with E-state index in [0.29, 0.717) is 31.5 Å². The highest BCUT2D eigenvalue weighted by Crippen LogP contribution is 2.51. The van der Waals surface area contributed by atoms with Crippen molar-refractivity contribution in [3.63, 3.8) is 0 Å². The van der Waals surface area contributed by atoms with Crippen LogP contribution in [0.25, 0.3) is 10.9 Å². The highest BCUT2D eigenvalue weighted by molar-refractivity contribution is 6.07. The quantitative estimate of drug-likeness (QED) is 0.269. The van der Waals surface area contributed by atoms with Crippen LogP contribution >= 0.6 is 0 Å². The number of para-hydroxylation sites is 1. The van der Waals surface area contributed by atoms with E-state index in [0.717, 1.165) is 70.3 Å². The lowest BCUT2D eigenvalue weighted by Gasteiger charge is -2.44. The van der Waals surface area contributed by atoms with E-state index in [1.54, 1.807) is 6.07 Å². The Labute approximate surface area is 233 Å². The van der Waals surface area contributed by atoms with Crippen molar-refractivity contribution in [2.45, 2.75) is 57.5 Å². The lowest BCUT2D eigenvalue weighted by Crippen LogP contribution is -2.38. The first-order valence-electron chi connectivity index (χ1n) is 14.3. The zero-order chi connectivity index (χ0) is 27.2.